The van der Waals surface area contributed by atoms with Crippen molar-refractivity contribution >= 4 is 11.8 Å². The lowest BCUT2D eigenvalue weighted by atomic mass is 10.2. The molecule has 0 aromatic carbocycles. The van der Waals surface area contributed by atoms with E-state index in [1.54, 1.807) is 29.4 Å². The van der Waals surface area contributed by atoms with Crippen molar-refractivity contribution < 1.29 is 9.59 Å². The Balaban J connectivity index is 1.94. The molecule has 2 heterocycles. The minimum Gasteiger partial charge on any atom is -0.339 e. The molecule has 1 aliphatic heterocycles. The smallest absolute Gasteiger partial charge is 0.254 e. The van der Waals surface area contributed by atoms with Crippen LogP contribution < -0.4 is 0 Å². The van der Waals surface area contributed by atoms with Gasteiger partial charge in [0.25, 0.3) is 5.91 Å². The number of aromatic nitrogens is 1. The molecule has 5 nitrogen and oxygen atoms in total. The van der Waals surface area contributed by atoms with E-state index in [1.807, 2.05) is 11.8 Å². The van der Waals surface area contributed by atoms with Crippen LogP contribution in [0.15, 0.2) is 24.5 Å². The van der Waals surface area contributed by atoms with Crippen LogP contribution in [-0.2, 0) is 4.79 Å². The fourth-order valence-electron chi connectivity index (χ4n) is 2.06. The molecular formula is C13H17N3O2. The van der Waals surface area contributed by atoms with Crippen molar-refractivity contribution in [3.63, 3.8) is 0 Å². The van der Waals surface area contributed by atoms with E-state index in [4.69, 9.17) is 0 Å². The van der Waals surface area contributed by atoms with Crippen LogP contribution in [-0.4, -0.2) is 52.8 Å². The van der Waals surface area contributed by atoms with Crippen LogP contribution in [0.2, 0.25) is 0 Å². The molecule has 2 rings (SSSR count). The Morgan fingerprint density at radius 3 is 2.22 bits per heavy atom. The molecule has 0 radical (unpaired) electrons. The van der Waals surface area contributed by atoms with Crippen molar-refractivity contribution in [2.75, 3.05) is 26.2 Å². The summed E-state index contributed by atoms with van der Waals surface area (Å²) >= 11 is 0. The van der Waals surface area contributed by atoms with E-state index < -0.39 is 0 Å². The second kappa shape index (κ2) is 5.62. The predicted molar refractivity (Wildman–Crippen MR) is 67.0 cm³/mol. The molecular weight excluding hydrogens is 230 g/mol. The number of piperazine rings is 1. The zero-order valence-corrected chi connectivity index (χ0v) is 10.5. The monoisotopic (exact) mass is 247 g/mol. The highest BCUT2D eigenvalue weighted by Gasteiger charge is 2.23. The lowest BCUT2D eigenvalue weighted by Crippen LogP contribution is -2.50. The van der Waals surface area contributed by atoms with Crippen LogP contribution in [0.4, 0.5) is 0 Å². The SMILES string of the molecule is CCC(=O)N1CCN(C(=O)c2ccncc2)CC1. The molecule has 1 aromatic rings. The van der Waals surface area contributed by atoms with Gasteiger partial charge in [-0.15, -0.1) is 0 Å². The summed E-state index contributed by atoms with van der Waals surface area (Å²) in [6.07, 6.45) is 3.76. The first kappa shape index (κ1) is 12.5. The molecule has 0 unspecified atom stereocenters. The van der Waals surface area contributed by atoms with Gasteiger partial charge in [0.15, 0.2) is 0 Å². The van der Waals surface area contributed by atoms with E-state index >= 15 is 0 Å². The summed E-state index contributed by atoms with van der Waals surface area (Å²) in [5, 5.41) is 0. The van der Waals surface area contributed by atoms with Crippen molar-refractivity contribution in [1.29, 1.82) is 0 Å². The van der Waals surface area contributed by atoms with Crippen molar-refractivity contribution in [2.24, 2.45) is 0 Å². The van der Waals surface area contributed by atoms with Gasteiger partial charge in [-0.05, 0) is 12.1 Å². The Morgan fingerprint density at radius 2 is 1.67 bits per heavy atom. The number of rotatable bonds is 2. The van der Waals surface area contributed by atoms with E-state index in [9.17, 15) is 9.59 Å². The molecule has 5 heteroatoms. The van der Waals surface area contributed by atoms with Crippen LogP contribution in [0.1, 0.15) is 23.7 Å². The van der Waals surface area contributed by atoms with Crippen molar-refractivity contribution in [1.82, 2.24) is 14.8 Å². The summed E-state index contributed by atoms with van der Waals surface area (Å²) in [6, 6.07) is 3.43. The first-order valence-electron chi connectivity index (χ1n) is 6.19. The number of hydrogen-bond acceptors (Lipinski definition) is 3. The number of carbonyl (C=O) groups is 2. The molecule has 96 valence electrons. The van der Waals surface area contributed by atoms with Crippen LogP contribution in [0, 0.1) is 0 Å². The maximum Gasteiger partial charge on any atom is 0.254 e. The average Bonchev–Trinajstić information content (AvgIpc) is 2.47. The van der Waals surface area contributed by atoms with Gasteiger partial charge in [-0.25, -0.2) is 0 Å². The Labute approximate surface area is 106 Å². The highest BCUT2D eigenvalue weighted by molar-refractivity contribution is 5.94. The molecule has 18 heavy (non-hydrogen) atoms. The number of nitrogens with zero attached hydrogens (tertiary/aromatic N) is 3. The topological polar surface area (TPSA) is 53.5 Å². The number of pyridine rings is 1. The molecule has 0 spiro atoms. The summed E-state index contributed by atoms with van der Waals surface area (Å²) < 4.78 is 0. The molecule has 0 aliphatic carbocycles. The van der Waals surface area contributed by atoms with E-state index in [0.717, 1.165) is 0 Å². The summed E-state index contributed by atoms with van der Waals surface area (Å²) in [4.78, 5) is 31.2. The zero-order chi connectivity index (χ0) is 13.0. The fourth-order valence-corrected chi connectivity index (χ4v) is 2.06. The first-order chi connectivity index (χ1) is 8.72. The fraction of sp³-hybridized carbons (Fsp3) is 0.462. The van der Waals surface area contributed by atoms with E-state index in [-0.39, 0.29) is 11.8 Å². The number of carbonyl (C=O) groups excluding carboxylic acids is 2. The van der Waals surface area contributed by atoms with Crippen molar-refractivity contribution in [2.45, 2.75) is 13.3 Å². The molecule has 0 N–H and O–H groups in total. The zero-order valence-electron chi connectivity index (χ0n) is 10.5. The van der Waals surface area contributed by atoms with E-state index in [1.165, 1.54) is 0 Å². The lowest BCUT2D eigenvalue weighted by molar-refractivity contribution is -0.132. The maximum absolute atomic E-state index is 12.1. The minimum atomic E-state index is 0.0148. The summed E-state index contributed by atoms with van der Waals surface area (Å²) in [5.41, 5.74) is 0.653. The second-order valence-corrected chi connectivity index (χ2v) is 4.26. The molecule has 1 aromatic heterocycles. The number of hydrogen-bond donors (Lipinski definition) is 0. The standard InChI is InChI=1S/C13H17N3O2/c1-2-12(17)15-7-9-16(10-8-15)13(18)11-3-5-14-6-4-11/h3-6H,2,7-10H2,1H3. The van der Waals surface area contributed by atoms with Gasteiger partial charge in [0.2, 0.25) is 5.91 Å². The first-order valence-corrected chi connectivity index (χ1v) is 6.19. The molecule has 0 atom stereocenters. The third-order valence-corrected chi connectivity index (χ3v) is 3.15. The normalized spacial score (nSPS) is 15.6. The third-order valence-electron chi connectivity index (χ3n) is 3.15. The largest absolute Gasteiger partial charge is 0.339 e. The van der Waals surface area contributed by atoms with Gasteiger partial charge >= 0.3 is 0 Å². The maximum atomic E-state index is 12.1. The number of amides is 2. The molecule has 2 amide bonds. The Morgan fingerprint density at radius 1 is 1.11 bits per heavy atom. The van der Waals surface area contributed by atoms with Gasteiger partial charge in [0, 0.05) is 50.6 Å². The Hall–Kier alpha value is -1.91. The average molecular weight is 247 g/mol. The van der Waals surface area contributed by atoms with Gasteiger partial charge in [-0.1, -0.05) is 6.92 Å². The van der Waals surface area contributed by atoms with Gasteiger partial charge in [0.05, 0.1) is 0 Å². The lowest BCUT2D eigenvalue weighted by Gasteiger charge is -2.34. The van der Waals surface area contributed by atoms with Gasteiger partial charge in [-0.3, -0.25) is 14.6 Å². The van der Waals surface area contributed by atoms with E-state index in [2.05, 4.69) is 4.98 Å². The van der Waals surface area contributed by atoms with Gasteiger partial charge < -0.3 is 9.80 Å². The quantitative estimate of drug-likeness (QED) is 0.776. The molecule has 1 aliphatic rings. The van der Waals surface area contributed by atoms with Crippen LogP contribution in [0.25, 0.3) is 0 Å². The second-order valence-electron chi connectivity index (χ2n) is 4.26. The highest BCUT2D eigenvalue weighted by Crippen LogP contribution is 2.08. The predicted octanol–water partition coefficient (Wildman–Crippen LogP) is 0.776. The third kappa shape index (κ3) is 2.67. The van der Waals surface area contributed by atoms with Crippen molar-refractivity contribution in [3.8, 4) is 0 Å². The molecule has 0 bridgehead atoms. The summed E-state index contributed by atoms with van der Waals surface area (Å²) in [5.74, 6) is 0.173. The molecule has 1 saturated heterocycles. The van der Waals surface area contributed by atoms with Gasteiger partial charge in [0.1, 0.15) is 0 Å². The van der Waals surface area contributed by atoms with Crippen LogP contribution >= 0.6 is 0 Å². The molecule has 1 fully saturated rings. The summed E-state index contributed by atoms with van der Waals surface area (Å²) in [7, 11) is 0. The Bertz CT molecular complexity index is 425. The van der Waals surface area contributed by atoms with E-state index in [0.29, 0.717) is 38.2 Å². The Kier molecular flexibility index (Phi) is 3.92. The molecule has 0 saturated carbocycles. The van der Waals surface area contributed by atoms with Crippen LogP contribution in [0.5, 0.6) is 0 Å². The van der Waals surface area contributed by atoms with Crippen molar-refractivity contribution in [3.05, 3.63) is 30.1 Å². The highest BCUT2D eigenvalue weighted by atomic mass is 16.2. The van der Waals surface area contributed by atoms with Gasteiger partial charge in [-0.2, -0.15) is 0 Å². The summed E-state index contributed by atoms with van der Waals surface area (Å²) in [6.45, 7) is 4.32. The van der Waals surface area contributed by atoms with Crippen LogP contribution in [0.3, 0.4) is 0 Å². The minimum absolute atomic E-state index is 0.0148.